The molecule has 0 unspecified atom stereocenters. The standard InChI is InChI=1S/C12H8Cl2N2O3/c13-8-4-15-16(12(17)11(8)14)5-7-1-2-9-10(3-7)19-6-18-9/h1-4H,5-6H2. The van der Waals surface area contributed by atoms with Gasteiger partial charge in [0, 0.05) is 0 Å². The minimum Gasteiger partial charge on any atom is -0.454 e. The first-order valence-electron chi connectivity index (χ1n) is 5.45. The number of benzene rings is 1. The van der Waals surface area contributed by atoms with Crippen LogP contribution >= 0.6 is 23.2 Å². The zero-order valence-electron chi connectivity index (χ0n) is 9.60. The Kier molecular flexibility index (Phi) is 3.08. The van der Waals surface area contributed by atoms with E-state index in [-0.39, 0.29) is 23.4 Å². The molecular formula is C12H8Cl2N2O3. The SMILES string of the molecule is O=c1c(Cl)c(Cl)cnn1Cc1ccc2c(c1)OCO2. The molecule has 2 aromatic rings. The van der Waals surface area contributed by atoms with Gasteiger partial charge in [0.15, 0.2) is 11.5 Å². The van der Waals surface area contributed by atoms with Gasteiger partial charge in [0.25, 0.3) is 5.56 Å². The molecule has 1 aromatic heterocycles. The van der Waals surface area contributed by atoms with Crippen LogP contribution in [0.4, 0.5) is 0 Å². The van der Waals surface area contributed by atoms with Crippen molar-refractivity contribution in [2.45, 2.75) is 6.54 Å². The first kappa shape index (κ1) is 12.3. The number of halogens is 2. The first-order valence-corrected chi connectivity index (χ1v) is 6.20. The second kappa shape index (κ2) is 4.75. The van der Waals surface area contributed by atoms with Crippen LogP contribution in [0.3, 0.4) is 0 Å². The Morgan fingerprint density at radius 3 is 2.89 bits per heavy atom. The monoisotopic (exact) mass is 298 g/mol. The molecule has 0 amide bonds. The van der Waals surface area contributed by atoms with Crippen molar-refractivity contribution in [2.75, 3.05) is 6.79 Å². The number of aromatic nitrogens is 2. The molecule has 5 nitrogen and oxygen atoms in total. The Bertz CT molecular complexity index is 700. The Hall–Kier alpha value is -1.72. The molecule has 1 aromatic carbocycles. The second-order valence-corrected chi connectivity index (χ2v) is 4.74. The Morgan fingerprint density at radius 2 is 2.05 bits per heavy atom. The van der Waals surface area contributed by atoms with E-state index in [1.165, 1.54) is 10.9 Å². The fourth-order valence-corrected chi connectivity index (χ4v) is 2.04. The van der Waals surface area contributed by atoms with Crippen LogP contribution in [-0.4, -0.2) is 16.6 Å². The van der Waals surface area contributed by atoms with Gasteiger partial charge in [0.2, 0.25) is 6.79 Å². The van der Waals surface area contributed by atoms with Gasteiger partial charge in [-0.2, -0.15) is 5.10 Å². The van der Waals surface area contributed by atoms with Crippen LogP contribution in [0.15, 0.2) is 29.2 Å². The maximum atomic E-state index is 11.9. The van der Waals surface area contributed by atoms with Crippen molar-refractivity contribution in [2.24, 2.45) is 0 Å². The number of ether oxygens (including phenoxy) is 2. The molecule has 0 saturated heterocycles. The number of nitrogens with zero attached hydrogens (tertiary/aromatic N) is 2. The lowest BCUT2D eigenvalue weighted by molar-refractivity contribution is 0.174. The number of fused-ring (bicyclic) bond motifs is 1. The predicted molar refractivity (Wildman–Crippen MR) is 70.2 cm³/mol. The molecule has 0 radical (unpaired) electrons. The average Bonchev–Trinajstić information content (AvgIpc) is 2.87. The number of rotatable bonds is 2. The molecule has 0 atom stereocenters. The summed E-state index contributed by atoms with van der Waals surface area (Å²) in [7, 11) is 0. The van der Waals surface area contributed by atoms with E-state index in [2.05, 4.69) is 5.10 Å². The van der Waals surface area contributed by atoms with Crippen molar-refractivity contribution in [3.05, 3.63) is 50.4 Å². The summed E-state index contributed by atoms with van der Waals surface area (Å²) in [5, 5.41) is 4.06. The summed E-state index contributed by atoms with van der Waals surface area (Å²) < 4.78 is 11.7. The third-order valence-corrected chi connectivity index (χ3v) is 3.46. The van der Waals surface area contributed by atoms with E-state index in [1.807, 2.05) is 6.07 Å². The van der Waals surface area contributed by atoms with Crippen LogP contribution in [0.2, 0.25) is 10.0 Å². The lowest BCUT2D eigenvalue weighted by Crippen LogP contribution is -2.23. The third kappa shape index (κ3) is 2.27. The van der Waals surface area contributed by atoms with E-state index < -0.39 is 5.56 Å². The highest BCUT2D eigenvalue weighted by Crippen LogP contribution is 2.32. The first-order chi connectivity index (χ1) is 9.15. The molecule has 98 valence electrons. The normalized spacial score (nSPS) is 12.7. The van der Waals surface area contributed by atoms with E-state index in [0.717, 1.165) is 5.56 Å². The van der Waals surface area contributed by atoms with Crippen LogP contribution in [-0.2, 0) is 6.54 Å². The molecule has 0 N–H and O–H groups in total. The largest absolute Gasteiger partial charge is 0.454 e. The summed E-state index contributed by atoms with van der Waals surface area (Å²) in [4.78, 5) is 11.9. The van der Waals surface area contributed by atoms with E-state index >= 15 is 0 Å². The summed E-state index contributed by atoms with van der Waals surface area (Å²) in [6.07, 6.45) is 1.35. The highest BCUT2D eigenvalue weighted by Gasteiger charge is 2.14. The van der Waals surface area contributed by atoms with Crippen molar-refractivity contribution < 1.29 is 9.47 Å². The van der Waals surface area contributed by atoms with E-state index in [4.69, 9.17) is 32.7 Å². The van der Waals surface area contributed by atoms with Gasteiger partial charge in [-0.15, -0.1) is 0 Å². The Balaban J connectivity index is 1.94. The molecule has 0 saturated carbocycles. The van der Waals surface area contributed by atoms with Gasteiger partial charge in [-0.1, -0.05) is 29.3 Å². The highest BCUT2D eigenvalue weighted by molar-refractivity contribution is 6.41. The quantitative estimate of drug-likeness (QED) is 0.854. The van der Waals surface area contributed by atoms with Gasteiger partial charge in [0.05, 0.1) is 17.8 Å². The second-order valence-electron chi connectivity index (χ2n) is 3.96. The van der Waals surface area contributed by atoms with Crippen molar-refractivity contribution >= 4 is 23.2 Å². The smallest absolute Gasteiger partial charge is 0.287 e. The molecule has 2 heterocycles. The van der Waals surface area contributed by atoms with Gasteiger partial charge < -0.3 is 9.47 Å². The van der Waals surface area contributed by atoms with Crippen molar-refractivity contribution in [3.8, 4) is 11.5 Å². The van der Waals surface area contributed by atoms with Crippen LogP contribution in [0.25, 0.3) is 0 Å². The fraction of sp³-hybridized carbons (Fsp3) is 0.167. The minimum absolute atomic E-state index is 0.0302. The summed E-state index contributed by atoms with van der Waals surface area (Å²) in [6.45, 7) is 0.496. The summed E-state index contributed by atoms with van der Waals surface area (Å²) in [6, 6.07) is 5.43. The third-order valence-electron chi connectivity index (χ3n) is 2.71. The topological polar surface area (TPSA) is 53.4 Å². The Morgan fingerprint density at radius 1 is 1.26 bits per heavy atom. The molecule has 0 bridgehead atoms. The molecule has 7 heteroatoms. The van der Waals surface area contributed by atoms with Gasteiger partial charge >= 0.3 is 0 Å². The van der Waals surface area contributed by atoms with Crippen molar-refractivity contribution in [3.63, 3.8) is 0 Å². The number of hydrogen-bond donors (Lipinski definition) is 0. The van der Waals surface area contributed by atoms with Gasteiger partial charge in [-0.05, 0) is 17.7 Å². The lowest BCUT2D eigenvalue weighted by atomic mass is 10.2. The van der Waals surface area contributed by atoms with E-state index in [0.29, 0.717) is 11.5 Å². The minimum atomic E-state index is -0.424. The molecule has 0 spiro atoms. The van der Waals surface area contributed by atoms with E-state index in [1.54, 1.807) is 12.1 Å². The van der Waals surface area contributed by atoms with Crippen molar-refractivity contribution in [1.29, 1.82) is 0 Å². The molecule has 0 aliphatic carbocycles. The van der Waals surface area contributed by atoms with Crippen LogP contribution in [0, 0.1) is 0 Å². The van der Waals surface area contributed by atoms with Crippen LogP contribution in [0.1, 0.15) is 5.56 Å². The average molecular weight is 299 g/mol. The predicted octanol–water partition coefficient (Wildman–Crippen LogP) is 2.33. The highest BCUT2D eigenvalue weighted by atomic mass is 35.5. The molecular weight excluding hydrogens is 291 g/mol. The van der Waals surface area contributed by atoms with Crippen molar-refractivity contribution in [1.82, 2.24) is 9.78 Å². The zero-order valence-corrected chi connectivity index (χ0v) is 11.1. The summed E-state index contributed by atoms with van der Waals surface area (Å²) in [5.41, 5.74) is 0.434. The summed E-state index contributed by atoms with van der Waals surface area (Å²) in [5.74, 6) is 1.35. The lowest BCUT2D eigenvalue weighted by Gasteiger charge is -2.06. The van der Waals surface area contributed by atoms with Gasteiger partial charge in [-0.25, -0.2) is 4.68 Å². The molecule has 3 rings (SSSR count). The van der Waals surface area contributed by atoms with Gasteiger partial charge in [-0.3, -0.25) is 4.79 Å². The van der Waals surface area contributed by atoms with Crippen LogP contribution in [0.5, 0.6) is 11.5 Å². The zero-order chi connectivity index (χ0) is 13.4. The molecule has 1 aliphatic heterocycles. The van der Waals surface area contributed by atoms with Gasteiger partial charge in [0.1, 0.15) is 5.02 Å². The molecule has 19 heavy (non-hydrogen) atoms. The maximum absolute atomic E-state index is 11.9. The number of hydrogen-bond acceptors (Lipinski definition) is 4. The van der Waals surface area contributed by atoms with E-state index in [9.17, 15) is 4.79 Å². The Labute approximate surface area is 118 Å². The molecule has 0 fully saturated rings. The fourth-order valence-electron chi connectivity index (χ4n) is 1.77. The molecule has 1 aliphatic rings. The van der Waals surface area contributed by atoms with Crippen LogP contribution < -0.4 is 15.0 Å². The summed E-state index contributed by atoms with van der Waals surface area (Å²) >= 11 is 11.5. The maximum Gasteiger partial charge on any atom is 0.287 e.